The highest BCUT2D eigenvalue weighted by Crippen LogP contribution is 2.37. The highest BCUT2D eigenvalue weighted by atomic mass is 16.5. The predicted octanol–water partition coefficient (Wildman–Crippen LogP) is 2.61. The topological polar surface area (TPSA) is 41.5 Å². The summed E-state index contributed by atoms with van der Waals surface area (Å²) in [5, 5.41) is 13.9. The minimum Gasteiger partial charge on any atom is -0.487 e. The van der Waals surface area contributed by atoms with Crippen molar-refractivity contribution in [1.82, 2.24) is 5.32 Å². The summed E-state index contributed by atoms with van der Waals surface area (Å²) < 4.78 is 6.29. The number of ether oxygens (including phenoxy) is 1. The van der Waals surface area contributed by atoms with Crippen molar-refractivity contribution in [2.45, 2.75) is 57.7 Å². The van der Waals surface area contributed by atoms with Crippen LogP contribution in [0.4, 0.5) is 0 Å². The quantitative estimate of drug-likeness (QED) is 0.882. The normalized spacial score (nSPS) is 34.1. The zero-order valence-electron chi connectivity index (χ0n) is 13.5. The predicted molar refractivity (Wildman–Crippen MR) is 87.3 cm³/mol. The first-order chi connectivity index (χ1) is 10.7. The van der Waals surface area contributed by atoms with E-state index in [1.165, 1.54) is 42.4 Å². The Morgan fingerprint density at radius 3 is 2.73 bits per heavy atom. The monoisotopic (exact) mass is 301 g/mol. The van der Waals surface area contributed by atoms with Gasteiger partial charge in [-0.2, -0.15) is 0 Å². The van der Waals surface area contributed by atoms with E-state index in [0.29, 0.717) is 11.8 Å². The maximum absolute atomic E-state index is 10.5. The number of aliphatic hydroxyl groups excluding tert-OH is 1. The minimum absolute atomic E-state index is 0.0403. The van der Waals surface area contributed by atoms with E-state index in [1.54, 1.807) is 0 Å². The van der Waals surface area contributed by atoms with Crippen molar-refractivity contribution >= 4 is 0 Å². The van der Waals surface area contributed by atoms with Gasteiger partial charge in [0.1, 0.15) is 11.9 Å². The average molecular weight is 301 g/mol. The summed E-state index contributed by atoms with van der Waals surface area (Å²) in [6, 6.07) is 4.37. The van der Waals surface area contributed by atoms with E-state index in [2.05, 4.69) is 24.4 Å². The average Bonchev–Trinajstić information content (AvgIpc) is 2.97. The molecule has 3 heteroatoms. The summed E-state index contributed by atoms with van der Waals surface area (Å²) in [5.41, 5.74) is 4.30. The van der Waals surface area contributed by atoms with Gasteiger partial charge in [0.15, 0.2) is 0 Å². The summed E-state index contributed by atoms with van der Waals surface area (Å²) in [7, 11) is 0. The summed E-state index contributed by atoms with van der Waals surface area (Å²) in [6.45, 7) is 4.33. The molecular weight excluding hydrogens is 274 g/mol. The molecule has 0 radical (unpaired) electrons. The Labute approximate surface area is 133 Å². The fourth-order valence-corrected chi connectivity index (χ4v) is 4.66. The number of fused-ring (bicyclic) bond motifs is 2. The SMILES string of the molecule is Cc1c(O[C@@H]2C[C@@H]3CNC[C@@H]3C[C@H]2O)ccc2c1CCCC2. The van der Waals surface area contributed by atoms with Crippen LogP contribution in [0.5, 0.6) is 5.75 Å². The van der Waals surface area contributed by atoms with Gasteiger partial charge in [-0.1, -0.05) is 6.07 Å². The molecule has 3 nitrogen and oxygen atoms in total. The zero-order chi connectivity index (χ0) is 15.1. The van der Waals surface area contributed by atoms with Crippen LogP contribution in [0.3, 0.4) is 0 Å². The second-order valence-electron chi connectivity index (χ2n) is 7.41. The molecule has 0 bridgehead atoms. The molecule has 4 rings (SSSR count). The van der Waals surface area contributed by atoms with E-state index in [9.17, 15) is 5.11 Å². The van der Waals surface area contributed by atoms with Crippen LogP contribution >= 0.6 is 0 Å². The molecule has 1 aromatic rings. The Hall–Kier alpha value is -1.06. The maximum atomic E-state index is 10.5. The van der Waals surface area contributed by atoms with Crippen LogP contribution in [0, 0.1) is 18.8 Å². The molecule has 3 aliphatic rings. The molecule has 1 saturated heterocycles. The van der Waals surface area contributed by atoms with Crippen molar-refractivity contribution in [1.29, 1.82) is 0 Å². The Morgan fingerprint density at radius 2 is 1.86 bits per heavy atom. The second-order valence-corrected chi connectivity index (χ2v) is 7.41. The molecule has 120 valence electrons. The smallest absolute Gasteiger partial charge is 0.125 e. The van der Waals surface area contributed by atoms with E-state index in [-0.39, 0.29) is 12.2 Å². The van der Waals surface area contributed by atoms with Gasteiger partial charge in [-0.15, -0.1) is 0 Å². The van der Waals surface area contributed by atoms with Crippen LogP contribution in [0.1, 0.15) is 42.4 Å². The van der Waals surface area contributed by atoms with E-state index < -0.39 is 0 Å². The molecule has 1 saturated carbocycles. The van der Waals surface area contributed by atoms with E-state index in [0.717, 1.165) is 31.7 Å². The number of nitrogens with one attached hydrogen (secondary N) is 1. The molecule has 1 aliphatic heterocycles. The molecule has 0 unspecified atom stereocenters. The van der Waals surface area contributed by atoms with Gasteiger partial charge in [0.05, 0.1) is 6.10 Å². The van der Waals surface area contributed by atoms with Gasteiger partial charge < -0.3 is 15.2 Å². The van der Waals surface area contributed by atoms with Crippen LogP contribution in [0.15, 0.2) is 12.1 Å². The molecule has 2 fully saturated rings. The van der Waals surface area contributed by atoms with Crippen LogP contribution in [0.2, 0.25) is 0 Å². The first-order valence-corrected chi connectivity index (χ1v) is 8.89. The summed E-state index contributed by atoms with van der Waals surface area (Å²) in [4.78, 5) is 0. The van der Waals surface area contributed by atoms with Gasteiger partial charge in [-0.3, -0.25) is 0 Å². The van der Waals surface area contributed by atoms with Crippen molar-refractivity contribution in [2.24, 2.45) is 11.8 Å². The van der Waals surface area contributed by atoms with Crippen molar-refractivity contribution in [3.05, 3.63) is 28.8 Å². The van der Waals surface area contributed by atoms with Gasteiger partial charge in [0, 0.05) is 0 Å². The third-order valence-corrected chi connectivity index (χ3v) is 6.04. The lowest BCUT2D eigenvalue weighted by molar-refractivity contribution is -0.0234. The molecule has 0 aromatic heterocycles. The third-order valence-electron chi connectivity index (χ3n) is 6.04. The Bertz CT molecular complexity index is 557. The molecule has 0 spiro atoms. The zero-order valence-corrected chi connectivity index (χ0v) is 13.5. The number of benzene rings is 1. The molecule has 1 aromatic carbocycles. The van der Waals surface area contributed by atoms with Crippen molar-refractivity contribution in [3.8, 4) is 5.75 Å². The molecular formula is C19H27NO2. The van der Waals surface area contributed by atoms with Crippen LogP contribution in [-0.2, 0) is 12.8 Å². The fourth-order valence-electron chi connectivity index (χ4n) is 4.66. The Balaban J connectivity index is 1.53. The van der Waals surface area contributed by atoms with Crippen LogP contribution in [0.25, 0.3) is 0 Å². The lowest BCUT2D eigenvalue weighted by Crippen LogP contribution is -2.42. The fraction of sp³-hybridized carbons (Fsp3) is 0.684. The standard InChI is InChI=1S/C19H27NO2/c1-12-16-5-3-2-4-13(16)6-7-18(12)22-19-9-15-11-20-10-14(15)8-17(19)21/h6-7,14-15,17,19-21H,2-5,8-11H2,1H3/t14-,15+,17+,19+/m0/s1. The number of rotatable bonds is 2. The molecule has 4 atom stereocenters. The highest BCUT2D eigenvalue weighted by molar-refractivity contribution is 5.45. The van der Waals surface area contributed by atoms with Gasteiger partial charge in [-0.25, -0.2) is 0 Å². The lowest BCUT2D eigenvalue weighted by Gasteiger charge is -2.36. The van der Waals surface area contributed by atoms with Crippen LogP contribution < -0.4 is 10.1 Å². The molecule has 2 aliphatic carbocycles. The Morgan fingerprint density at radius 1 is 1.09 bits per heavy atom. The van der Waals surface area contributed by atoms with Gasteiger partial charge in [0.25, 0.3) is 0 Å². The minimum atomic E-state index is -0.323. The third kappa shape index (κ3) is 2.55. The van der Waals surface area contributed by atoms with Gasteiger partial charge in [-0.05, 0) is 93.1 Å². The summed E-state index contributed by atoms with van der Waals surface area (Å²) in [6.07, 6.45) is 6.49. The summed E-state index contributed by atoms with van der Waals surface area (Å²) in [5.74, 6) is 2.31. The number of hydrogen-bond donors (Lipinski definition) is 2. The molecule has 1 heterocycles. The van der Waals surface area contributed by atoms with Gasteiger partial charge in [0.2, 0.25) is 0 Å². The largest absolute Gasteiger partial charge is 0.487 e. The number of aliphatic hydroxyl groups is 1. The summed E-state index contributed by atoms with van der Waals surface area (Å²) >= 11 is 0. The highest BCUT2D eigenvalue weighted by Gasteiger charge is 2.40. The lowest BCUT2D eigenvalue weighted by atomic mass is 9.78. The molecule has 0 amide bonds. The molecule has 22 heavy (non-hydrogen) atoms. The first-order valence-electron chi connectivity index (χ1n) is 8.89. The van der Waals surface area contributed by atoms with Crippen LogP contribution in [-0.4, -0.2) is 30.4 Å². The van der Waals surface area contributed by atoms with E-state index in [1.807, 2.05) is 0 Å². The first kappa shape index (κ1) is 14.5. The Kier molecular flexibility index (Phi) is 3.87. The second kappa shape index (κ2) is 5.86. The van der Waals surface area contributed by atoms with Crippen molar-refractivity contribution < 1.29 is 9.84 Å². The molecule has 2 N–H and O–H groups in total. The van der Waals surface area contributed by atoms with E-state index in [4.69, 9.17) is 4.74 Å². The van der Waals surface area contributed by atoms with E-state index >= 15 is 0 Å². The van der Waals surface area contributed by atoms with Crippen molar-refractivity contribution in [3.63, 3.8) is 0 Å². The van der Waals surface area contributed by atoms with Gasteiger partial charge >= 0.3 is 0 Å². The number of hydrogen-bond acceptors (Lipinski definition) is 3. The maximum Gasteiger partial charge on any atom is 0.125 e. The van der Waals surface area contributed by atoms with Crippen molar-refractivity contribution in [2.75, 3.05) is 13.1 Å². The number of aryl methyl sites for hydroxylation is 1.